The van der Waals surface area contributed by atoms with Gasteiger partial charge in [-0.1, -0.05) is 30.3 Å². The molecule has 4 heteroatoms. The lowest BCUT2D eigenvalue weighted by molar-refractivity contribution is -0.136. The Hall–Kier alpha value is -1.39. The fourth-order valence-electron chi connectivity index (χ4n) is 3.26. The van der Waals surface area contributed by atoms with Crippen LogP contribution in [-0.4, -0.2) is 43.2 Å². The first-order valence-corrected chi connectivity index (χ1v) is 7.76. The van der Waals surface area contributed by atoms with Crippen LogP contribution in [0.3, 0.4) is 0 Å². The van der Waals surface area contributed by atoms with Gasteiger partial charge in [-0.05, 0) is 24.8 Å². The van der Waals surface area contributed by atoms with E-state index in [1.54, 1.807) is 4.90 Å². The zero-order valence-corrected chi connectivity index (χ0v) is 12.5. The standard InChI is InChI=1S/C17H23NO3/c1-18(9-10-20-12-13-5-3-2-4-6-13)17(19)15-11-14-7-8-16(15)21-14/h2-6,14-16H,7-12H2,1H3/t14-,15-,16-/m1/s1. The predicted octanol–water partition coefficient (Wildman–Crippen LogP) is 2.23. The van der Waals surface area contributed by atoms with Gasteiger partial charge in [-0.3, -0.25) is 4.79 Å². The molecule has 21 heavy (non-hydrogen) atoms. The highest BCUT2D eigenvalue weighted by molar-refractivity contribution is 5.79. The van der Waals surface area contributed by atoms with Gasteiger partial charge < -0.3 is 14.4 Å². The molecule has 0 radical (unpaired) electrons. The number of rotatable bonds is 6. The van der Waals surface area contributed by atoms with Gasteiger partial charge in [0.05, 0.1) is 31.3 Å². The van der Waals surface area contributed by atoms with Crippen LogP contribution in [0.25, 0.3) is 0 Å². The van der Waals surface area contributed by atoms with Crippen LogP contribution in [0.15, 0.2) is 30.3 Å². The van der Waals surface area contributed by atoms with Gasteiger partial charge in [0.25, 0.3) is 0 Å². The highest BCUT2D eigenvalue weighted by Gasteiger charge is 2.45. The summed E-state index contributed by atoms with van der Waals surface area (Å²) in [6.45, 7) is 1.80. The molecule has 0 aromatic heterocycles. The quantitative estimate of drug-likeness (QED) is 0.754. The average Bonchev–Trinajstić information content (AvgIpc) is 3.14. The van der Waals surface area contributed by atoms with Gasteiger partial charge in [-0.15, -0.1) is 0 Å². The third-order valence-electron chi connectivity index (χ3n) is 4.48. The number of amides is 1. The van der Waals surface area contributed by atoms with Crippen molar-refractivity contribution in [2.75, 3.05) is 20.2 Å². The van der Waals surface area contributed by atoms with Crippen LogP contribution in [0, 0.1) is 5.92 Å². The van der Waals surface area contributed by atoms with E-state index < -0.39 is 0 Å². The van der Waals surface area contributed by atoms with Crippen molar-refractivity contribution in [1.29, 1.82) is 0 Å². The minimum atomic E-state index is 0.0721. The van der Waals surface area contributed by atoms with E-state index in [0.717, 1.165) is 24.8 Å². The molecule has 2 aliphatic heterocycles. The fourth-order valence-corrected chi connectivity index (χ4v) is 3.26. The zero-order valence-electron chi connectivity index (χ0n) is 12.5. The molecule has 2 saturated heterocycles. The van der Waals surface area contributed by atoms with Gasteiger partial charge in [-0.25, -0.2) is 0 Å². The highest BCUT2D eigenvalue weighted by Crippen LogP contribution is 2.39. The van der Waals surface area contributed by atoms with Crippen molar-refractivity contribution < 1.29 is 14.3 Å². The molecule has 2 aliphatic rings. The molecule has 1 aromatic rings. The number of hydrogen-bond donors (Lipinski definition) is 0. The van der Waals surface area contributed by atoms with E-state index in [1.807, 2.05) is 37.4 Å². The Balaban J connectivity index is 1.38. The molecular formula is C17H23NO3. The van der Waals surface area contributed by atoms with E-state index in [2.05, 4.69) is 0 Å². The molecule has 2 fully saturated rings. The second-order valence-electron chi connectivity index (χ2n) is 6.01. The predicted molar refractivity (Wildman–Crippen MR) is 79.7 cm³/mol. The van der Waals surface area contributed by atoms with Gasteiger partial charge in [0, 0.05) is 13.6 Å². The number of nitrogens with zero attached hydrogens (tertiary/aromatic N) is 1. The molecule has 1 amide bonds. The summed E-state index contributed by atoms with van der Waals surface area (Å²) in [5.41, 5.74) is 1.16. The molecule has 0 aliphatic carbocycles. The molecule has 0 spiro atoms. The fraction of sp³-hybridized carbons (Fsp3) is 0.588. The van der Waals surface area contributed by atoms with E-state index in [1.165, 1.54) is 0 Å². The van der Waals surface area contributed by atoms with Crippen LogP contribution in [0.1, 0.15) is 24.8 Å². The van der Waals surface area contributed by atoms with Crippen molar-refractivity contribution >= 4 is 5.91 Å². The van der Waals surface area contributed by atoms with Crippen LogP contribution in [0.2, 0.25) is 0 Å². The van der Waals surface area contributed by atoms with Crippen LogP contribution in [0.5, 0.6) is 0 Å². The highest BCUT2D eigenvalue weighted by atomic mass is 16.5. The van der Waals surface area contributed by atoms with E-state index >= 15 is 0 Å². The average molecular weight is 289 g/mol. The second kappa shape index (κ2) is 6.58. The molecule has 0 N–H and O–H groups in total. The maximum atomic E-state index is 12.4. The van der Waals surface area contributed by atoms with Crippen molar-refractivity contribution in [3.05, 3.63) is 35.9 Å². The van der Waals surface area contributed by atoms with Crippen molar-refractivity contribution in [1.82, 2.24) is 4.90 Å². The summed E-state index contributed by atoms with van der Waals surface area (Å²) in [4.78, 5) is 14.2. The first kappa shape index (κ1) is 14.5. The van der Waals surface area contributed by atoms with Crippen molar-refractivity contribution in [3.8, 4) is 0 Å². The molecule has 114 valence electrons. The van der Waals surface area contributed by atoms with Crippen LogP contribution in [0.4, 0.5) is 0 Å². The summed E-state index contributed by atoms with van der Waals surface area (Å²) in [5.74, 6) is 0.286. The SMILES string of the molecule is CN(CCOCc1ccccc1)C(=O)[C@@H]1C[C@H]2CC[C@H]1O2. The largest absolute Gasteiger partial charge is 0.375 e. The number of fused-ring (bicyclic) bond motifs is 2. The molecule has 0 saturated carbocycles. The Morgan fingerprint density at radius 1 is 1.33 bits per heavy atom. The number of carbonyl (C=O) groups excluding carboxylic acids is 1. The Kier molecular flexibility index (Phi) is 4.56. The second-order valence-corrected chi connectivity index (χ2v) is 6.01. The van der Waals surface area contributed by atoms with Crippen molar-refractivity contribution in [3.63, 3.8) is 0 Å². The molecule has 2 bridgehead atoms. The third kappa shape index (κ3) is 3.44. The third-order valence-corrected chi connectivity index (χ3v) is 4.48. The van der Waals surface area contributed by atoms with E-state index in [9.17, 15) is 4.79 Å². The molecule has 3 rings (SSSR count). The van der Waals surface area contributed by atoms with Gasteiger partial charge in [-0.2, -0.15) is 0 Å². The smallest absolute Gasteiger partial charge is 0.228 e. The molecule has 2 heterocycles. The van der Waals surface area contributed by atoms with E-state index in [4.69, 9.17) is 9.47 Å². The molecule has 3 atom stereocenters. The number of carbonyl (C=O) groups is 1. The van der Waals surface area contributed by atoms with Crippen LogP contribution in [-0.2, 0) is 20.9 Å². The summed E-state index contributed by atoms with van der Waals surface area (Å²) in [6, 6.07) is 10.1. The van der Waals surface area contributed by atoms with Crippen molar-refractivity contribution in [2.45, 2.75) is 38.1 Å². The summed E-state index contributed by atoms with van der Waals surface area (Å²) in [5, 5.41) is 0. The van der Waals surface area contributed by atoms with Crippen LogP contribution < -0.4 is 0 Å². The lowest BCUT2D eigenvalue weighted by Crippen LogP contribution is -2.39. The summed E-state index contributed by atoms with van der Waals surface area (Å²) in [7, 11) is 1.86. The normalized spacial score (nSPS) is 27.0. The van der Waals surface area contributed by atoms with E-state index in [-0.39, 0.29) is 17.9 Å². The molecule has 1 aromatic carbocycles. The first-order chi connectivity index (χ1) is 10.2. The molecular weight excluding hydrogens is 266 g/mol. The number of likely N-dealkylation sites (N-methyl/N-ethyl adjacent to an activating group) is 1. The van der Waals surface area contributed by atoms with Gasteiger partial charge >= 0.3 is 0 Å². The summed E-state index contributed by atoms with van der Waals surface area (Å²) < 4.78 is 11.4. The summed E-state index contributed by atoms with van der Waals surface area (Å²) in [6.07, 6.45) is 3.55. The van der Waals surface area contributed by atoms with Crippen molar-refractivity contribution in [2.24, 2.45) is 5.92 Å². The number of ether oxygens (including phenoxy) is 2. The number of benzene rings is 1. The first-order valence-electron chi connectivity index (χ1n) is 7.76. The monoisotopic (exact) mass is 289 g/mol. The van der Waals surface area contributed by atoms with Gasteiger partial charge in [0.2, 0.25) is 5.91 Å². The van der Waals surface area contributed by atoms with Gasteiger partial charge in [0.1, 0.15) is 0 Å². The molecule has 0 unspecified atom stereocenters. The zero-order chi connectivity index (χ0) is 14.7. The Bertz CT molecular complexity index is 476. The van der Waals surface area contributed by atoms with E-state index in [0.29, 0.717) is 25.9 Å². The Morgan fingerprint density at radius 2 is 2.14 bits per heavy atom. The minimum absolute atomic E-state index is 0.0721. The lowest BCUT2D eigenvalue weighted by atomic mass is 9.88. The molecule has 4 nitrogen and oxygen atoms in total. The number of hydrogen-bond acceptors (Lipinski definition) is 3. The lowest BCUT2D eigenvalue weighted by Gasteiger charge is -2.24. The summed E-state index contributed by atoms with van der Waals surface area (Å²) >= 11 is 0. The topological polar surface area (TPSA) is 38.8 Å². The van der Waals surface area contributed by atoms with Gasteiger partial charge in [0.15, 0.2) is 0 Å². The minimum Gasteiger partial charge on any atom is -0.375 e. The Labute approximate surface area is 126 Å². The maximum Gasteiger partial charge on any atom is 0.228 e. The maximum absolute atomic E-state index is 12.4. The Morgan fingerprint density at radius 3 is 2.81 bits per heavy atom. The van der Waals surface area contributed by atoms with Crippen LogP contribution >= 0.6 is 0 Å².